The summed E-state index contributed by atoms with van der Waals surface area (Å²) < 4.78 is 34.9. The summed E-state index contributed by atoms with van der Waals surface area (Å²) >= 11 is 0. The van der Waals surface area contributed by atoms with Crippen LogP contribution in [0.5, 0.6) is 0 Å². The van der Waals surface area contributed by atoms with Crippen LogP contribution in [0, 0.1) is 0 Å². The molecule has 0 aromatic rings. The zero-order valence-corrected chi connectivity index (χ0v) is 38.2. The molecular weight excluding hydrogens is 741 g/mol. The number of phosphoric ester groups is 1. The third-order valence-electron chi connectivity index (χ3n) is 9.88. The van der Waals surface area contributed by atoms with Gasteiger partial charge in [-0.15, -0.1) is 0 Å². The normalized spacial score (nSPS) is 15.2. The second-order valence-corrected chi connectivity index (χ2v) is 18.2. The van der Waals surface area contributed by atoms with Crippen LogP contribution in [-0.2, 0) is 27.9 Å². The highest BCUT2D eigenvalue weighted by Gasteiger charge is 2.26. The molecule has 0 aromatic heterocycles. The van der Waals surface area contributed by atoms with Gasteiger partial charge in [0, 0.05) is 13.0 Å². The zero-order chi connectivity index (χ0) is 42.3. The van der Waals surface area contributed by atoms with Gasteiger partial charge in [0.25, 0.3) is 0 Å². The number of carbonyl (C=O) groups excluding carboxylic acids is 1. The number of aliphatic hydroxyl groups is 2. The van der Waals surface area contributed by atoms with Crippen molar-refractivity contribution in [2.45, 2.75) is 199 Å². The SMILES string of the molecule is CCCCC/C=C/CC(O)C(O)C/C=C\C/C=C\CCCC(=O)OC(COCCCCCCCCCCCCCCCCCC)COP(=O)(O)OCC[N+](C)(C)C. The number of hydrogen-bond donors (Lipinski definition) is 3. The summed E-state index contributed by atoms with van der Waals surface area (Å²) in [7, 11) is 1.57. The number of aliphatic hydroxyl groups excluding tert-OH is 2. The summed E-state index contributed by atoms with van der Waals surface area (Å²) in [5.74, 6) is -0.412. The highest BCUT2D eigenvalue weighted by atomic mass is 31.2. The Labute approximate surface area is 350 Å². The smallest absolute Gasteiger partial charge is 0.457 e. The first-order valence-corrected chi connectivity index (χ1v) is 24.4. The van der Waals surface area contributed by atoms with E-state index in [9.17, 15) is 24.5 Å². The first-order valence-electron chi connectivity index (χ1n) is 22.9. The lowest BCUT2D eigenvalue weighted by Crippen LogP contribution is -2.37. The summed E-state index contributed by atoms with van der Waals surface area (Å²) in [5, 5.41) is 20.4. The van der Waals surface area contributed by atoms with E-state index in [1.165, 1.54) is 103 Å². The van der Waals surface area contributed by atoms with Crippen LogP contribution < -0.4 is 0 Å². The number of rotatable bonds is 42. The van der Waals surface area contributed by atoms with E-state index in [4.69, 9.17) is 18.5 Å². The van der Waals surface area contributed by atoms with E-state index in [2.05, 4.69) is 19.9 Å². The van der Waals surface area contributed by atoms with Crippen LogP contribution in [0.25, 0.3) is 0 Å². The number of nitrogens with zero attached hydrogens (tertiary/aromatic N) is 1. The maximum absolute atomic E-state index is 12.7. The average Bonchev–Trinajstić information content (AvgIpc) is 3.16. The summed E-state index contributed by atoms with van der Waals surface area (Å²) in [5.41, 5.74) is 0. The highest BCUT2D eigenvalue weighted by Crippen LogP contribution is 2.43. The minimum atomic E-state index is -4.32. The lowest BCUT2D eigenvalue weighted by atomic mass is 10.0. The lowest BCUT2D eigenvalue weighted by Gasteiger charge is -2.24. The summed E-state index contributed by atoms with van der Waals surface area (Å²) in [6.07, 6.45) is 37.9. The molecular formula is C46H89NO9P+. The Balaban J connectivity index is 4.40. The number of quaternary nitrogens is 1. The van der Waals surface area contributed by atoms with E-state index in [0.29, 0.717) is 49.7 Å². The predicted molar refractivity (Wildman–Crippen MR) is 236 cm³/mol. The van der Waals surface area contributed by atoms with Gasteiger partial charge in [0.1, 0.15) is 19.3 Å². The van der Waals surface area contributed by atoms with E-state index in [1.807, 2.05) is 51.5 Å². The fourth-order valence-corrected chi connectivity index (χ4v) is 6.88. The number of phosphoric acid groups is 1. The third kappa shape index (κ3) is 41.2. The molecule has 0 spiro atoms. The molecule has 336 valence electrons. The Morgan fingerprint density at radius 1 is 0.596 bits per heavy atom. The highest BCUT2D eigenvalue weighted by molar-refractivity contribution is 7.47. The molecule has 0 amide bonds. The minimum absolute atomic E-state index is 0.0585. The number of hydrogen-bond acceptors (Lipinski definition) is 8. The number of ether oxygens (including phenoxy) is 2. The predicted octanol–water partition coefficient (Wildman–Crippen LogP) is 11.3. The van der Waals surface area contributed by atoms with E-state index >= 15 is 0 Å². The van der Waals surface area contributed by atoms with Gasteiger partial charge >= 0.3 is 13.8 Å². The van der Waals surface area contributed by atoms with Crippen molar-refractivity contribution in [1.29, 1.82) is 0 Å². The van der Waals surface area contributed by atoms with Crippen LogP contribution in [0.1, 0.15) is 181 Å². The van der Waals surface area contributed by atoms with Gasteiger partial charge in [0.2, 0.25) is 0 Å². The average molecular weight is 831 g/mol. The van der Waals surface area contributed by atoms with E-state index in [0.717, 1.165) is 25.7 Å². The molecule has 10 nitrogen and oxygen atoms in total. The molecule has 0 radical (unpaired) electrons. The fraction of sp³-hybridized carbons (Fsp3) is 0.848. The van der Waals surface area contributed by atoms with Crippen molar-refractivity contribution in [1.82, 2.24) is 0 Å². The second-order valence-electron chi connectivity index (χ2n) is 16.7. The van der Waals surface area contributed by atoms with Crippen molar-refractivity contribution in [2.75, 3.05) is 54.1 Å². The largest absolute Gasteiger partial charge is 0.472 e. The molecule has 4 unspecified atom stereocenters. The molecule has 0 saturated heterocycles. The van der Waals surface area contributed by atoms with Gasteiger partial charge in [-0.1, -0.05) is 159 Å². The number of esters is 1. The molecule has 0 aromatic carbocycles. The van der Waals surface area contributed by atoms with Crippen molar-refractivity contribution in [3.63, 3.8) is 0 Å². The van der Waals surface area contributed by atoms with Gasteiger partial charge in [0.15, 0.2) is 0 Å². The molecule has 0 aliphatic heterocycles. The second kappa shape index (κ2) is 38.8. The first-order chi connectivity index (χ1) is 27.4. The van der Waals surface area contributed by atoms with Gasteiger partial charge < -0.3 is 29.1 Å². The molecule has 0 bridgehead atoms. The molecule has 0 aliphatic carbocycles. The Bertz CT molecular complexity index is 1050. The quantitative estimate of drug-likeness (QED) is 0.0181. The van der Waals surface area contributed by atoms with Crippen molar-refractivity contribution >= 4 is 13.8 Å². The number of carbonyl (C=O) groups is 1. The van der Waals surface area contributed by atoms with Crippen molar-refractivity contribution in [3.8, 4) is 0 Å². The number of likely N-dealkylation sites (N-methyl/N-ethyl adjacent to an activating group) is 1. The van der Waals surface area contributed by atoms with Crippen LogP contribution in [0.15, 0.2) is 36.5 Å². The van der Waals surface area contributed by atoms with Gasteiger partial charge in [0.05, 0.1) is 46.6 Å². The molecule has 0 saturated carbocycles. The third-order valence-corrected chi connectivity index (χ3v) is 10.9. The standard InChI is InChI=1S/C46H88NO9P/c1-6-8-10-12-14-15-16-17-18-19-20-21-22-26-30-34-39-53-41-43(42-55-57(51,52)54-40-38-47(3,4)5)56-46(50)37-33-29-25-23-24-28-32-36-45(49)44(48)35-31-27-13-11-9-7-2/h23,25,27-28,31-32,43-45,48-49H,6-22,24,26,29-30,33-42H2,1-5H3/p+1/b25-23-,31-27+,32-28-. The van der Waals surface area contributed by atoms with E-state index in [1.54, 1.807) is 0 Å². The molecule has 57 heavy (non-hydrogen) atoms. The Kier molecular flexibility index (Phi) is 37.9. The summed E-state index contributed by atoms with van der Waals surface area (Å²) in [6, 6.07) is 0. The Morgan fingerprint density at radius 3 is 1.63 bits per heavy atom. The molecule has 0 heterocycles. The van der Waals surface area contributed by atoms with Crippen LogP contribution in [-0.4, -0.2) is 98.0 Å². The van der Waals surface area contributed by atoms with Crippen LogP contribution in [0.2, 0.25) is 0 Å². The van der Waals surface area contributed by atoms with Crippen LogP contribution >= 0.6 is 7.82 Å². The van der Waals surface area contributed by atoms with Gasteiger partial charge in [-0.05, 0) is 51.4 Å². The molecule has 0 aliphatic rings. The van der Waals surface area contributed by atoms with Crippen molar-refractivity contribution in [3.05, 3.63) is 36.5 Å². The summed E-state index contributed by atoms with van der Waals surface area (Å²) in [4.78, 5) is 22.9. The van der Waals surface area contributed by atoms with E-state index in [-0.39, 0.29) is 26.2 Å². The molecule has 3 N–H and O–H groups in total. The maximum atomic E-state index is 12.7. The van der Waals surface area contributed by atoms with E-state index < -0.39 is 32.1 Å². The van der Waals surface area contributed by atoms with Crippen LogP contribution in [0.4, 0.5) is 0 Å². The number of unbranched alkanes of at least 4 members (excludes halogenated alkanes) is 19. The zero-order valence-electron chi connectivity index (χ0n) is 37.3. The summed E-state index contributed by atoms with van der Waals surface area (Å²) in [6.45, 7) is 5.34. The topological polar surface area (TPSA) is 132 Å². The Morgan fingerprint density at radius 2 is 1.07 bits per heavy atom. The fourth-order valence-electron chi connectivity index (χ4n) is 6.14. The molecule has 0 rings (SSSR count). The minimum Gasteiger partial charge on any atom is -0.457 e. The molecule has 0 fully saturated rings. The van der Waals surface area contributed by atoms with Gasteiger partial charge in [-0.3, -0.25) is 13.8 Å². The molecule has 11 heteroatoms. The number of allylic oxidation sites excluding steroid dienone is 4. The van der Waals surface area contributed by atoms with Crippen molar-refractivity contribution in [2.24, 2.45) is 0 Å². The monoisotopic (exact) mass is 831 g/mol. The Hall–Kier alpha value is -1.36. The first kappa shape index (κ1) is 55.6. The maximum Gasteiger partial charge on any atom is 0.472 e. The lowest BCUT2D eigenvalue weighted by molar-refractivity contribution is -0.870. The van der Waals surface area contributed by atoms with Gasteiger partial charge in [-0.25, -0.2) is 4.57 Å². The van der Waals surface area contributed by atoms with Gasteiger partial charge in [-0.2, -0.15) is 0 Å². The molecule has 4 atom stereocenters. The van der Waals surface area contributed by atoms with Crippen molar-refractivity contribution < 1.29 is 47.5 Å². The van der Waals surface area contributed by atoms with Crippen LogP contribution in [0.3, 0.4) is 0 Å².